The zero-order chi connectivity index (χ0) is 14.6. The lowest BCUT2D eigenvalue weighted by molar-refractivity contribution is -0.121. The first-order valence-electron chi connectivity index (χ1n) is 7.04. The molecule has 0 heterocycles. The van der Waals surface area contributed by atoms with Crippen LogP contribution in [0.2, 0.25) is 0 Å². The second-order valence-electron chi connectivity index (χ2n) is 5.30. The van der Waals surface area contributed by atoms with Crippen LogP contribution in [0, 0.1) is 0 Å². The van der Waals surface area contributed by atoms with Gasteiger partial charge in [-0.15, -0.1) is 0 Å². The number of carbonyl (C=O) groups excluding carboxylic acids is 2. The summed E-state index contributed by atoms with van der Waals surface area (Å²) in [6.07, 6.45) is 3.93. The summed E-state index contributed by atoms with van der Waals surface area (Å²) in [6.45, 7) is 1.80. The van der Waals surface area contributed by atoms with Crippen molar-refractivity contribution in [3.8, 4) is 0 Å². The standard InChI is InChI=1S/C15H21N3O2/c1-2-13(19)17-11-5-7-12(8-6-11)18-14(20)15(16)9-3-4-10-15/h5-8H,2-4,9-10,16H2,1H3,(H,17,19)(H,18,20). The van der Waals surface area contributed by atoms with Crippen LogP contribution in [0.25, 0.3) is 0 Å². The summed E-state index contributed by atoms with van der Waals surface area (Å²) < 4.78 is 0. The first-order chi connectivity index (χ1) is 9.53. The normalized spacial score (nSPS) is 16.7. The molecule has 0 unspecified atom stereocenters. The van der Waals surface area contributed by atoms with E-state index < -0.39 is 5.54 Å². The van der Waals surface area contributed by atoms with Gasteiger partial charge in [-0.05, 0) is 37.1 Å². The fourth-order valence-corrected chi connectivity index (χ4v) is 2.37. The zero-order valence-corrected chi connectivity index (χ0v) is 11.7. The molecule has 0 bridgehead atoms. The second-order valence-corrected chi connectivity index (χ2v) is 5.30. The van der Waals surface area contributed by atoms with Gasteiger partial charge in [0.2, 0.25) is 11.8 Å². The number of nitrogens with two attached hydrogens (primary N) is 1. The molecule has 1 aromatic rings. The van der Waals surface area contributed by atoms with Crippen LogP contribution in [0.3, 0.4) is 0 Å². The lowest BCUT2D eigenvalue weighted by atomic mass is 9.98. The highest BCUT2D eigenvalue weighted by atomic mass is 16.2. The highest BCUT2D eigenvalue weighted by molar-refractivity contribution is 5.98. The zero-order valence-electron chi connectivity index (χ0n) is 11.7. The van der Waals surface area contributed by atoms with Gasteiger partial charge in [0.25, 0.3) is 0 Å². The van der Waals surface area contributed by atoms with Crippen molar-refractivity contribution in [3.05, 3.63) is 24.3 Å². The number of anilines is 2. The van der Waals surface area contributed by atoms with E-state index in [0.717, 1.165) is 31.4 Å². The van der Waals surface area contributed by atoms with Gasteiger partial charge >= 0.3 is 0 Å². The fourth-order valence-electron chi connectivity index (χ4n) is 2.37. The van der Waals surface area contributed by atoms with Crippen LogP contribution in [-0.2, 0) is 9.59 Å². The van der Waals surface area contributed by atoms with E-state index in [1.165, 1.54) is 0 Å². The van der Waals surface area contributed by atoms with E-state index >= 15 is 0 Å². The van der Waals surface area contributed by atoms with Crippen LogP contribution in [0.4, 0.5) is 11.4 Å². The molecular formula is C15H21N3O2. The first kappa shape index (κ1) is 14.5. The molecule has 2 rings (SSSR count). The number of rotatable bonds is 4. The Bertz CT molecular complexity index is 490. The van der Waals surface area contributed by atoms with Crippen molar-refractivity contribution in [1.82, 2.24) is 0 Å². The van der Waals surface area contributed by atoms with Crippen molar-refractivity contribution in [2.75, 3.05) is 10.6 Å². The summed E-state index contributed by atoms with van der Waals surface area (Å²) >= 11 is 0. The molecule has 20 heavy (non-hydrogen) atoms. The lowest BCUT2D eigenvalue weighted by Crippen LogP contribution is -2.48. The van der Waals surface area contributed by atoms with Gasteiger partial charge in [-0.25, -0.2) is 0 Å². The Morgan fingerprint density at radius 1 is 1.10 bits per heavy atom. The molecule has 1 aliphatic carbocycles. The molecule has 1 fully saturated rings. The second kappa shape index (κ2) is 6.05. The van der Waals surface area contributed by atoms with Crippen LogP contribution in [0.15, 0.2) is 24.3 Å². The third-order valence-electron chi connectivity index (χ3n) is 3.70. The van der Waals surface area contributed by atoms with Gasteiger partial charge in [0, 0.05) is 17.8 Å². The van der Waals surface area contributed by atoms with E-state index in [9.17, 15) is 9.59 Å². The summed E-state index contributed by atoms with van der Waals surface area (Å²) in [5, 5.41) is 5.60. The highest BCUT2D eigenvalue weighted by Crippen LogP contribution is 2.28. The Morgan fingerprint density at radius 3 is 2.10 bits per heavy atom. The number of hydrogen-bond acceptors (Lipinski definition) is 3. The Hall–Kier alpha value is -1.88. The minimum Gasteiger partial charge on any atom is -0.326 e. The maximum Gasteiger partial charge on any atom is 0.244 e. The number of carbonyl (C=O) groups is 2. The largest absolute Gasteiger partial charge is 0.326 e. The van der Waals surface area contributed by atoms with Gasteiger partial charge in [0.05, 0.1) is 5.54 Å². The molecule has 1 saturated carbocycles. The van der Waals surface area contributed by atoms with Crippen molar-refractivity contribution in [2.24, 2.45) is 5.73 Å². The maximum atomic E-state index is 12.1. The van der Waals surface area contributed by atoms with Crippen LogP contribution in [0.5, 0.6) is 0 Å². The van der Waals surface area contributed by atoms with Gasteiger partial charge in [-0.3, -0.25) is 9.59 Å². The molecule has 5 nitrogen and oxygen atoms in total. The molecule has 4 N–H and O–H groups in total. The monoisotopic (exact) mass is 275 g/mol. The third kappa shape index (κ3) is 3.36. The molecule has 0 saturated heterocycles. The van der Waals surface area contributed by atoms with Crippen molar-refractivity contribution in [3.63, 3.8) is 0 Å². The van der Waals surface area contributed by atoms with E-state index in [2.05, 4.69) is 10.6 Å². The Kier molecular flexibility index (Phi) is 4.39. The molecule has 0 spiro atoms. The average Bonchev–Trinajstić information content (AvgIpc) is 2.89. The molecular weight excluding hydrogens is 254 g/mol. The van der Waals surface area contributed by atoms with E-state index in [1.807, 2.05) is 0 Å². The van der Waals surface area contributed by atoms with E-state index in [0.29, 0.717) is 12.1 Å². The highest BCUT2D eigenvalue weighted by Gasteiger charge is 2.36. The quantitative estimate of drug-likeness (QED) is 0.788. The topological polar surface area (TPSA) is 84.2 Å². The molecule has 108 valence electrons. The van der Waals surface area contributed by atoms with Crippen molar-refractivity contribution in [2.45, 2.75) is 44.6 Å². The SMILES string of the molecule is CCC(=O)Nc1ccc(NC(=O)C2(N)CCCC2)cc1. The summed E-state index contributed by atoms with van der Waals surface area (Å²) in [5.41, 5.74) is 6.78. The predicted octanol–water partition coefficient (Wildman–Crippen LogP) is 2.25. The molecule has 0 aromatic heterocycles. The Labute approximate surface area is 118 Å². The minimum absolute atomic E-state index is 0.0337. The molecule has 1 aliphatic rings. The van der Waals surface area contributed by atoms with Crippen LogP contribution >= 0.6 is 0 Å². The average molecular weight is 275 g/mol. The van der Waals surface area contributed by atoms with Gasteiger partial charge in [-0.1, -0.05) is 19.8 Å². The van der Waals surface area contributed by atoms with Gasteiger partial charge in [-0.2, -0.15) is 0 Å². The Morgan fingerprint density at radius 2 is 1.60 bits per heavy atom. The lowest BCUT2D eigenvalue weighted by Gasteiger charge is -2.22. The van der Waals surface area contributed by atoms with Crippen molar-refractivity contribution < 1.29 is 9.59 Å². The Balaban J connectivity index is 1.96. The van der Waals surface area contributed by atoms with Crippen LogP contribution in [0.1, 0.15) is 39.0 Å². The number of hydrogen-bond donors (Lipinski definition) is 3. The summed E-state index contributed by atoms with van der Waals surface area (Å²) in [5.74, 6) is -0.158. The van der Waals surface area contributed by atoms with Gasteiger partial charge in [0.1, 0.15) is 0 Å². The molecule has 5 heteroatoms. The van der Waals surface area contributed by atoms with E-state index in [4.69, 9.17) is 5.73 Å². The minimum atomic E-state index is -0.727. The fraction of sp³-hybridized carbons (Fsp3) is 0.467. The number of nitrogens with one attached hydrogen (secondary N) is 2. The molecule has 0 atom stereocenters. The molecule has 0 radical (unpaired) electrons. The predicted molar refractivity (Wildman–Crippen MR) is 79.4 cm³/mol. The number of benzene rings is 1. The number of amides is 2. The molecule has 0 aliphatic heterocycles. The van der Waals surface area contributed by atoms with Crippen molar-refractivity contribution >= 4 is 23.2 Å². The summed E-state index contributed by atoms with van der Waals surface area (Å²) in [4.78, 5) is 23.4. The van der Waals surface area contributed by atoms with Crippen LogP contribution < -0.4 is 16.4 Å². The molecule has 1 aromatic carbocycles. The van der Waals surface area contributed by atoms with Crippen LogP contribution in [-0.4, -0.2) is 17.4 Å². The summed E-state index contributed by atoms with van der Waals surface area (Å²) in [7, 11) is 0. The van der Waals surface area contributed by atoms with E-state index in [1.54, 1.807) is 31.2 Å². The maximum absolute atomic E-state index is 12.1. The third-order valence-corrected chi connectivity index (χ3v) is 3.70. The first-order valence-corrected chi connectivity index (χ1v) is 7.04. The van der Waals surface area contributed by atoms with Gasteiger partial charge < -0.3 is 16.4 Å². The van der Waals surface area contributed by atoms with Gasteiger partial charge in [0.15, 0.2) is 0 Å². The molecule has 2 amide bonds. The summed E-state index contributed by atoms with van der Waals surface area (Å²) in [6, 6.07) is 7.06. The smallest absolute Gasteiger partial charge is 0.244 e. The van der Waals surface area contributed by atoms with E-state index in [-0.39, 0.29) is 11.8 Å². The van der Waals surface area contributed by atoms with Crippen molar-refractivity contribution in [1.29, 1.82) is 0 Å².